The van der Waals surface area contributed by atoms with E-state index in [1.54, 1.807) is 0 Å². The molecule has 0 heterocycles. The third-order valence-corrected chi connectivity index (χ3v) is 4.71. The van der Waals surface area contributed by atoms with Crippen molar-refractivity contribution in [1.29, 1.82) is 0 Å². The summed E-state index contributed by atoms with van der Waals surface area (Å²) >= 11 is 6.07. The fourth-order valence-corrected chi connectivity index (χ4v) is 4.15. The fourth-order valence-electron chi connectivity index (χ4n) is 3.61. The molecule has 1 heteroatoms. The highest BCUT2D eigenvalue weighted by Crippen LogP contribution is 2.64. The lowest BCUT2D eigenvalue weighted by molar-refractivity contribution is 0.133. The molecule has 1 aromatic rings. The molecule has 0 aliphatic heterocycles. The molecule has 0 saturated heterocycles. The summed E-state index contributed by atoms with van der Waals surface area (Å²) in [7, 11) is 0. The van der Waals surface area contributed by atoms with Crippen LogP contribution in [0.1, 0.15) is 24.8 Å². The zero-order valence-electron chi connectivity index (χ0n) is 8.25. The van der Waals surface area contributed by atoms with Crippen molar-refractivity contribution >= 4 is 11.6 Å². The third-order valence-electron chi connectivity index (χ3n) is 4.38. The van der Waals surface area contributed by atoms with Crippen LogP contribution in [0.15, 0.2) is 30.3 Å². The topological polar surface area (TPSA) is 0 Å². The zero-order chi connectivity index (χ0) is 9.60. The third kappa shape index (κ3) is 0.954. The number of hydrogen-bond donors (Lipinski definition) is 0. The van der Waals surface area contributed by atoms with Crippen molar-refractivity contribution < 1.29 is 0 Å². The standard InChI is InChI=1S/C13H15Cl/c14-9-12-10-6-7-13(12,8-10)11-4-2-1-3-5-11/h1-5,10,12H,6-9H2. The van der Waals surface area contributed by atoms with E-state index in [0.717, 1.165) is 17.7 Å². The minimum atomic E-state index is 0.466. The Kier molecular flexibility index (Phi) is 1.88. The van der Waals surface area contributed by atoms with Gasteiger partial charge in [-0.3, -0.25) is 0 Å². The van der Waals surface area contributed by atoms with Gasteiger partial charge in [-0.15, -0.1) is 11.6 Å². The van der Waals surface area contributed by atoms with E-state index in [1.165, 1.54) is 24.8 Å². The normalized spacial score (nSPS) is 39.5. The van der Waals surface area contributed by atoms with Gasteiger partial charge in [0.25, 0.3) is 0 Å². The second-order valence-electron chi connectivity index (χ2n) is 4.79. The number of alkyl halides is 1. The zero-order valence-corrected chi connectivity index (χ0v) is 9.00. The van der Waals surface area contributed by atoms with Crippen LogP contribution in [0, 0.1) is 11.8 Å². The van der Waals surface area contributed by atoms with E-state index in [0.29, 0.717) is 5.41 Å². The van der Waals surface area contributed by atoms with Gasteiger partial charge in [0.15, 0.2) is 0 Å². The predicted octanol–water partition coefficient (Wildman–Crippen LogP) is 3.59. The van der Waals surface area contributed by atoms with Crippen molar-refractivity contribution in [3.8, 4) is 0 Å². The smallest absolute Gasteiger partial charge is 0.0262 e. The van der Waals surface area contributed by atoms with Gasteiger partial charge >= 0.3 is 0 Å². The maximum absolute atomic E-state index is 6.07. The molecule has 0 radical (unpaired) electrons. The first-order valence-electron chi connectivity index (χ1n) is 5.48. The molecule has 2 bridgehead atoms. The highest BCUT2D eigenvalue weighted by atomic mass is 35.5. The molecule has 3 aliphatic carbocycles. The van der Waals surface area contributed by atoms with Gasteiger partial charge in [-0.2, -0.15) is 0 Å². The Morgan fingerprint density at radius 2 is 2.07 bits per heavy atom. The molecule has 0 spiro atoms. The van der Waals surface area contributed by atoms with Crippen molar-refractivity contribution in [2.75, 3.05) is 5.88 Å². The summed E-state index contributed by atoms with van der Waals surface area (Å²) in [6.45, 7) is 0. The van der Waals surface area contributed by atoms with Crippen LogP contribution in [-0.4, -0.2) is 5.88 Å². The van der Waals surface area contributed by atoms with Crippen molar-refractivity contribution in [2.45, 2.75) is 24.7 Å². The number of benzene rings is 1. The van der Waals surface area contributed by atoms with Crippen molar-refractivity contribution in [1.82, 2.24) is 0 Å². The molecule has 0 N–H and O–H groups in total. The number of fused-ring (bicyclic) bond motifs is 1. The van der Waals surface area contributed by atoms with Gasteiger partial charge in [0.1, 0.15) is 0 Å². The van der Waals surface area contributed by atoms with E-state index in [1.807, 2.05) is 0 Å². The van der Waals surface area contributed by atoms with E-state index >= 15 is 0 Å². The van der Waals surface area contributed by atoms with Crippen LogP contribution in [0.3, 0.4) is 0 Å². The first-order valence-corrected chi connectivity index (χ1v) is 6.02. The molecule has 1 aromatic carbocycles. The number of rotatable bonds is 2. The Bertz CT molecular complexity index is 328. The molecule has 3 unspecified atom stereocenters. The molecule has 3 fully saturated rings. The fraction of sp³-hybridized carbons (Fsp3) is 0.538. The van der Waals surface area contributed by atoms with Crippen molar-refractivity contribution in [2.24, 2.45) is 11.8 Å². The summed E-state index contributed by atoms with van der Waals surface area (Å²) in [6, 6.07) is 11.0. The summed E-state index contributed by atoms with van der Waals surface area (Å²) < 4.78 is 0. The van der Waals surface area contributed by atoms with Crippen LogP contribution in [-0.2, 0) is 5.41 Å². The molecule has 4 rings (SSSR count). The molecule has 3 saturated carbocycles. The highest BCUT2D eigenvalue weighted by Gasteiger charge is 2.58. The summed E-state index contributed by atoms with van der Waals surface area (Å²) in [5.41, 5.74) is 1.99. The molecule has 0 nitrogen and oxygen atoms in total. The van der Waals surface area contributed by atoms with Crippen LogP contribution >= 0.6 is 11.6 Å². The SMILES string of the molecule is ClCC1C2CCC1(c1ccccc1)C2. The highest BCUT2D eigenvalue weighted by molar-refractivity contribution is 6.18. The quantitative estimate of drug-likeness (QED) is 0.649. The summed E-state index contributed by atoms with van der Waals surface area (Å²) in [6.07, 6.45) is 4.14. The van der Waals surface area contributed by atoms with Crippen LogP contribution in [0.5, 0.6) is 0 Å². The van der Waals surface area contributed by atoms with Crippen molar-refractivity contribution in [3.63, 3.8) is 0 Å². The van der Waals surface area contributed by atoms with Gasteiger partial charge < -0.3 is 0 Å². The first kappa shape index (κ1) is 8.79. The number of halogens is 1. The Balaban J connectivity index is 1.98. The molecule has 14 heavy (non-hydrogen) atoms. The second kappa shape index (κ2) is 3.00. The van der Waals surface area contributed by atoms with Crippen LogP contribution < -0.4 is 0 Å². The average molecular weight is 207 g/mol. The minimum absolute atomic E-state index is 0.466. The molecule has 3 aliphatic rings. The van der Waals surface area contributed by atoms with Crippen LogP contribution in [0.2, 0.25) is 0 Å². The Hall–Kier alpha value is -0.490. The van der Waals surface area contributed by atoms with Gasteiger partial charge in [0, 0.05) is 5.88 Å². The molecule has 3 atom stereocenters. The first-order chi connectivity index (χ1) is 6.87. The van der Waals surface area contributed by atoms with E-state index < -0.39 is 0 Å². The molecule has 0 aromatic heterocycles. The summed E-state index contributed by atoms with van der Waals surface area (Å²) in [5.74, 6) is 2.53. The lowest BCUT2D eigenvalue weighted by atomic mass is 9.58. The van der Waals surface area contributed by atoms with Gasteiger partial charge in [-0.25, -0.2) is 0 Å². The summed E-state index contributed by atoms with van der Waals surface area (Å²) in [4.78, 5) is 0. The van der Waals surface area contributed by atoms with Gasteiger partial charge in [-0.05, 0) is 42.1 Å². The molecule has 74 valence electrons. The molecular formula is C13H15Cl. The van der Waals surface area contributed by atoms with Gasteiger partial charge in [-0.1, -0.05) is 30.3 Å². The van der Waals surface area contributed by atoms with Crippen LogP contribution in [0.25, 0.3) is 0 Å². The van der Waals surface area contributed by atoms with E-state index in [2.05, 4.69) is 30.3 Å². The van der Waals surface area contributed by atoms with Gasteiger partial charge in [0.05, 0.1) is 0 Å². The molecule has 0 amide bonds. The Labute approximate surface area is 90.3 Å². The lowest BCUT2D eigenvalue weighted by Crippen LogP contribution is -2.44. The molecular weight excluding hydrogens is 192 g/mol. The maximum Gasteiger partial charge on any atom is 0.0262 e. The minimum Gasteiger partial charge on any atom is -0.126 e. The largest absolute Gasteiger partial charge is 0.126 e. The summed E-state index contributed by atoms with van der Waals surface area (Å²) in [5, 5.41) is 0. The van der Waals surface area contributed by atoms with E-state index in [4.69, 9.17) is 11.6 Å². The maximum atomic E-state index is 6.07. The lowest BCUT2D eigenvalue weighted by Gasteiger charge is -2.47. The van der Waals surface area contributed by atoms with Gasteiger partial charge in [0.2, 0.25) is 0 Å². The second-order valence-corrected chi connectivity index (χ2v) is 5.09. The monoisotopic (exact) mass is 206 g/mol. The average Bonchev–Trinajstić information content (AvgIpc) is 2.78. The predicted molar refractivity (Wildman–Crippen MR) is 59.7 cm³/mol. The number of hydrogen-bond acceptors (Lipinski definition) is 0. The van der Waals surface area contributed by atoms with E-state index in [9.17, 15) is 0 Å². The van der Waals surface area contributed by atoms with Crippen LogP contribution in [0.4, 0.5) is 0 Å². The Morgan fingerprint density at radius 3 is 2.71 bits per heavy atom. The van der Waals surface area contributed by atoms with E-state index in [-0.39, 0.29) is 0 Å². The van der Waals surface area contributed by atoms with Crippen molar-refractivity contribution in [3.05, 3.63) is 35.9 Å². The Morgan fingerprint density at radius 1 is 1.29 bits per heavy atom.